The average Bonchev–Trinajstić information content (AvgIpc) is 2.82. The van der Waals surface area contributed by atoms with Crippen LogP contribution in [0.5, 0.6) is 11.5 Å². The Balaban J connectivity index is 1.64. The zero-order valence-electron chi connectivity index (χ0n) is 19.6. The Kier molecular flexibility index (Phi) is 6.96. The molecular weight excluding hydrogens is 460 g/mol. The lowest BCUT2D eigenvalue weighted by Gasteiger charge is -2.31. The topological polar surface area (TPSA) is 114 Å². The molecule has 11 heteroatoms. The summed E-state index contributed by atoms with van der Waals surface area (Å²) in [5.41, 5.74) is 0.872. The fourth-order valence-electron chi connectivity index (χ4n) is 4.18. The highest BCUT2D eigenvalue weighted by molar-refractivity contribution is 7.89. The van der Waals surface area contributed by atoms with Crippen LogP contribution in [0.4, 0.5) is 11.4 Å². The molecule has 0 radical (unpaired) electrons. The smallest absolute Gasteiger partial charge is 0.293 e. The van der Waals surface area contributed by atoms with Crippen molar-refractivity contribution in [1.82, 2.24) is 9.21 Å². The minimum atomic E-state index is -3.82. The summed E-state index contributed by atoms with van der Waals surface area (Å²) in [6, 6.07) is 9.42. The predicted molar refractivity (Wildman–Crippen MR) is 128 cm³/mol. The normalized spacial score (nSPS) is 18.0. The van der Waals surface area contributed by atoms with Crippen molar-refractivity contribution in [3.05, 3.63) is 52.1 Å². The lowest BCUT2D eigenvalue weighted by Crippen LogP contribution is -2.47. The number of nitrogens with one attached hydrogen (secondary N) is 1. The standard InChI is InChI=1S/C23H30N4O6S/c1-16(2)23(17-4-7-21-22(14-17)33-13-12-32-21)24-19-6-5-18(15-20(19)27(28)29)34(30,31)26-10-8-25(3)9-11-26/h4-7,14-16,23-24H,8-13H2,1-3H3/t23-/m0/s1. The number of nitrogens with zero attached hydrogens (tertiary/aromatic N) is 3. The van der Waals surface area contributed by atoms with Crippen molar-refractivity contribution in [3.8, 4) is 11.5 Å². The molecule has 0 saturated carbocycles. The highest BCUT2D eigenvalue weighted by atomic mass is 32.2. The number of likely N-dealkylation sites (N-methyl/N-ethyl adjacent to an activating group) is 1. The van der Waals surface area contributed by atoms with Gasteiger partial charge in [-0.25, -0.2) is 8.42 Å². The van der Waals surface area contributed by atoms with E-state index in [-0.39, 0.29) is 28.2 Å². The van der Waals surface area contributed by atoms with Gasteiger partial charge >= 0.3 is 0 Å². The van der Waals surface area contributed by atoms with Crippen LogP contribution in [-0.4, -0.2) is 69.0 Å². The van der Waals surface area contributed by atoms with Gasteiger partial charge in [-0.15, -0.1) is 0 Å². The van der Waals surface area contributed by atoms with Crippen LogP contribution in [-0.2, 0) is 10.0 Å². The molecule has 2 aromatic rings. The number of rotatable bonds is 7. The first-order chi connectivity index (χ1) is 16.2. The van der Waals surface area contributed by atoms with E-state index in [0.717, 1.165) is 11.6 Å². The molecule has 2 aliphatic heterocycles. The fourth-order valence-corrected chi connectivity index (χ4v) is 5.62. The molecule has 0 bridgehead atoms. The van der Waals surface area contributed by atoms with Crippen LogP contribution in [0.15, 0.2) is 41.3 Å². The minimum Gasteiger partial charge on any atom is -0.486 e. The first-order valence-electron chi connectivity index (χ1n) is 11.3. The summed E-state index contributed by atoms with van der Waals surface area (Å²) >= 11 is 0. The molecule has 1 saturated heterocycles. The number of benzene rings is 2. The summed E-state index contributed by atoms with van der Waals surface area (Å²) in [6.45, 7) is 6.91. The van der Waals surface area contributed by atoms with Crippen LogP contribution in [0.3, 0.4) is 0 Å². The Labute approximate surface area is 199 Å². The minimum absolute atomic E-state index is 0.0743. The summed E-state index contributed by atoms with van der Waals surface area (Å²) in [4.78, 5) is 13.3. The molecule has 4 rings (SSSR count). The van der Waals surface area contributed by atoms with Crippen LogP contribution in [0.25, 0.3) is 0 Å². The van der Waals surface area contributed by atoms with Gasteiger partial charge in [-0.1, -0.05) is 19.9 Å². The third-order valence-corrected chi connectivity index (χ3v) is 8.06. The Morgan fingerprint density at radius 1 is 1.00 bits per heavy atom. The maximum atomic E-state index is 13.1. The van der Waals surface area contributed by atoms with Crippen LogP contribution in [0.1, 0.15) is 25.5 Å². The van der Waals surface area contributed by atoms with Crippen LogP contribution >= 0.6 is 0 Å². The maximum absolute atomic E-state index is 13.1. The SMILES string of the molecule is CC(C)[C@H](Nc1ccc(S(=O)(=O)N2CCN(C)CC2)cc1[N+](=O)[O-])c1ccc2c(c1)OCCO2. The highest BCUT2D eigenvalue weighted by Crippen LogP contribution is 2.38. The van der Waals surface area contributed by atoms with E-state index >= 15 is 0 Å². The molecule has 1 atom stereocenters. The van der Waals surface area contributed by atoms with Gasteiger partial charge in [0.15, 0.2) is 11.5 Å². The third-order valence-electron chi connectivity index (χ3n) is 6.17. The number of ether oxygens (including phenoxy) is 2. The van der Waals surface area contributed by atoms with Gasteiger partial charge in [0.05, 0.1) is 15.9 Å². The molecule has 0 aliphatic carbocycles. The first kappa shape index (κ1) is 24.2. The summed E-state index contributed by atoms with van der Waals surface area (Å²) in [6.07, 6.45) is 0. The molecule has 0 amide bonds. The Morgan fingerprint density at radius 3 is 2.32 bits per heavy atom. The summed E-state index contributed by atoms with van der Waals surface area (Å²) in [5, 5.41) is 15.2. The first-order valence-corrected chi connectivity index (χ1v) is 12.7. The summed E-state index contributed by atoms with van der Waals surface area (Å²) in [7, 11) is -1.89. The molecule has 184 valence electrons. The van der Waals surface area contributed by atoms with E-state index in [0.29, 0.717) is 50.9 Å². The van der Waals surface area contributed by atoms with E-state index in [9.17, 15) is 18.5 Å². The van der Waals surface area contributed by atoms with Crippen molar-refractivity contribution in [3.63, 3.8) is 0 Å². The van der Waals surface area contributed by atoms with Crippen molar-refractivity contribution in [2.75, 3.05) is 51.8 Å². The van der Waals surface area contributed by atoms with Crippen LogP contribution < -0.4 is 14.8 Å². The number of anilines is 1. The average molecular weight is 491 g/mol. The zero-order chi connectivity index (χ0) is 24.5. The molecule has 1 N–H and O–H groups in total. The molecule has 2 aliphatic rings. The molecule has 2 heterocycles. The number of nitro benzene ring substituents is 1. The highest BCUT2D eigenvalue weighted by Gasteiger charge is 2.30. The second kappa shape index (κ2) is 9.77. The quantitative estimate of drug-likeness (QED) is 0.465. The number of sulfonamides is 1. The Bertz CT molecular complexity index is 1160. The van der Waals surface area contributed by atoms with Gasteiger partial charge in [0.2, 0.25) is 10.0 Å². The van der Waals surface area contributed by atoms with Crippen molar-refractivity contribution < 1.29 is 22.8 Å². The van der Waals surface area contributed by atoms with Gasteiger partial charge in [0.25, 0.3) is 5.69 Å². The largest absolute Gasteiger partial charge is 0.486 e. The molecule has 0 aromatic heterocycles. The van der Waals surface area contributed by atoms with Crippen molar-refractivity contribution in [2.24, 2.45) is 5.92 Å². The number of fused-ring (bicyclic) bond motifs is 1. The van der Waals surface area contributed by atoms with Crippen LogP contribution in [0.2, 0.25) is 0 Å². The fraction of sp³-hybridized carbons (Fsp3) is 0.478. The second-order valence-corrected chi connectivity index (χ2v) is 10.9. The van der Waals surface area contributed by atoms with Gasteiger partial charge in [0.1, 0.15) is 18.9 Å². The van der Waals surface area contributed by atoms with Gasteiger partial charge in [0, 0.05) is 32.2 Å². The predicted octanol–water partition coefficient (Wildman–Crippen LogP) is 3.11. The molecule has 0 spiro atoms. The third kappa shape index (κ3) is 4.96. The monoisotopic (exact) mass is 490 g/mol. The van der Waals surface area contributed by atoms with Gasteiger partial charge in [-0.2, -0.15) is 4.31 Å². The number of hydrogen-bond donors (Lipinski definition) is 1. The summed E-state index contributed by atoms with van der Waals surface area (Å²) in [5.74, 6) is 1.39. The van der Waals surface area contributed by atoms with Gasteiger partial charge in [-0.05, 0) is 42.8 Å². The molecule has 0 unspecified atom stereocenters. The van der Waals surface area contributed by atoms with E-state index in [1.807, 2.05) is 44.0 Å². The lowest BCUT2D eigenvalue weighted by molar-refractivity contribution is -0.384. The molecule has 10 nitrogen and oxygen atoms in total. The second-order valence-electron chi connectivity index (χ2n) is 8.91. The number of piperazine rings is 1. The molecule has 1 fully saturated rings. The van der Waals surface area contributed by atoms with Gasteiger partial charge in [-0.3, -0.25) is 10.1 Å². The zero-order valence-corrected chi connectivity index (χ0v) is 20.4. The van der Waals surface area contributed by atoms with Crippen molar-refractivity contribution >= 4 is 21.4 Å². The Morgan fingerprint density at radius 2 is 1.68 bits per heavy atom. The van der Waals surface area contributed by atoms with E-state index in [2.05, 4.69) is 5.32 Å². The number of nitro groups is 1. The van der Waals surface area contributed by atoms with Crippen molar-refractivity contribution in [2.45, 2.75) is 24.8 Å². The van der Waals surface area contributed by atoms with E-state index in [1.165, 1.54) is 16.4 Å². The van der Waals surface area contributed by atoms with Crippen molar-refractivity contribution in [1.29, 1.82) is 0 Å². The van der Waals surface area contributed by atoms with Crippen LogP contribution in [0, 0.1) is 16.0 Å². The van der Waals surface area contributed by atoms with Gasteiger partial charge < -0.3 is 19.7 Å². The molecular formula is C23H30N4O6S. The lowest BCUT2D eigenvalue weighted by atomic mass is 9.95. The van der Waals surface area contributed by atoms with E-state index in [4.69, 9.17) is 9.47 Å². The molecule has 2 aromatic carbocycles. The Hall–Kier alpha value is -2.89. The molecule has 34 heavy (non-hydrogen) atoms. The van der Waals surface area contributed by atoms with E-state index in [1.54, 1.807) is 0 Å². The number of hydrogen-bond acceptors (Lipinski definition) is 8. The maximum Gasteiger partial charge on any atom is 0.293 e. The summed E-state index contributed by atoms with van der Waals surface area (Å²) < 4.78 is 38.9. The van der Waals surface area contributed by atoms with E-state index < -0.39 is 14.9 Å².